The highest BCUT2D eigenvalue weighted by molar-refractivity contribution is 5.77. The molecule has 0 radical (unpaired) electrons. The van der Waals surface area contributed by atoms with Crippen molar-refractivity contribution in [3.63, 3.8) is 0 Å². The van der Waals surface area contributed by atoms with Gasteiger partial charge in [-0.3, -0.25) is 4.79 Å². The van der Waals surface area contributed by atoms with Gasteiger partial charge in [0.25, 0.3) is 0 Å². The zero-order chi connectivity index (χ0) is 13.6. The molecule has 0 saturated carbocycles. The molecule has 0 saturated heterocycles. The van der Waals surface area contributed by atoms with Crippen LogP contribution in [0.4, 0.5) is 0 Å². The zero-order valence-corrected chi connectivity index (χ0v) is 11.2. The Balaban J connectivity index is 3.27. The van der Waals surface area contributed by atoms with Crippen LogP contribution in [0.5, 0.6) is 0 Å². The van der Waals surface area contributed by atoms with Gasteiger partial charge in [0.05, 0.1) is 19.8 Å². The molecule has 1 unspecified atom stereocenters. The highest BCUT2D eigenvalue weighted by Crippen LogP contribution is 2.04. The number of nitrogens with one attached hydrogen (secondary N) is 1. The van der Waals surface area contributed by atoms with Gasteiger partial charge in [-0.25, -0.2) is 0 Å². The third kappa shape index (κ3) is 11.8. The van der Waals surface area contributed by atoms with Crippen molar-refractivity contribution in [3.8, 4) is 0 Å². The van der Waals surface area contributed by atoms with E-state index in [-0.39, 0.29) is 19.1 Å². The van der Waals surface area contributed by atoms with Crippen LogP contribution in [0.3, 0.4) is 0 Å². The first-order valence-corrected chi connectivity index (χ1v) is 6.43. The fourth-order valence-corrected chi connectivity index (χ4v) is 1.34. The number of nitrogens with two attached hydrogens (primary N) is 1. The minimum absolute atomic E-state index is 0.0559. The van der Waals surface area contributed by atoms with Crippen LogP contribution < -0.4 is 11.1 Å². The Labute approximate surface area is 109 Å². The van der Waals surface area contributed by atoms with E-state index in [0.29, 0.717) is 38.8 Å². The van der Waals surface area contributed by atoms with Crippen LogP contribution >= 0.6 is 0 Å². The van der Waals surface area contributed by atoms with E-state index < -0.39 is 0 Å². The second-order valence-corrected chi connectivity index (χ2v) is 4.21. The minimum Gasteiger partial charge on any atom is -0.396 e. The van der Waals surface area contributed by atoms with Crippen molar-refractivity contribution >= 4 is 5.91 Å². The van der Waals surface area contributed by atoms with Crippen LogP contribution in [0.2, 0.25) is 0 Å². The van der Waals surface area contributed by atoms with Crippen molar-refractivity contribution in [2.24, 2.45) is 11.7 Å². The van der Waals surface area contributed by atoms with Gasteiger partial charge < -0.3 is 25.6 Å². The molecule has 0 rings (SSSR count). The lowest BCUT2D eigenvalue weighted by atomic mass is 10.1. The molecule has 1 amide bonds. The summed E-state index contributed by atoms with van der Waals surface area (Å²) in [6.45, 7) is 4.78. The number of carbonyl (C=O) groups is 1. The van der Waals surface area contributed by atoms with Crippen molar-refractivity contribution in [2.75, 3.05) is 46.1 Å². The summed E-state index contributed by atoms with van der Waals surface area (Å²) < 4.78 is 10.2. The lowest BCUT2D eigenvalue weighted by Gasteiger charge is -2.10. The first-order valence-electron chi connectivity index (χ1n) is 6.43. The molecule has 0 aromatic heterocycles. The van der Waals surface area contributed by atoms with Gasteiger partial charge in [0.2, 0.25) is 5.91 Å². The van der Waals surface area contributed by atoms with Gasteiger partial charge >= 0.3 is 0 Å². The molecule has 6 nitrogen and oxygen atoms in total. The van der Waals surface area contributed by atoms with E-state index in [4.69, 9.17) is 20.3 Å². The molecule has 0 bridgehead atoms. The van der Waals surface area contributed by atoms with Gasteiger partial charge in [0.1, 0.15) is 6.61 Å². The maximum absolute atomic E-state index is 11.3. The van der Waals surface area contributed by atoms with Crippen molar-refractivity contribution in [1.82, 2.24) is 5.32 Å². The molecule has 0 fully saturated rings. The van der Waals surface area contributed by atoms with Gasteiger partial charge in [-0.2, -0.15) is 0 Å². The Morgan fingerprint density at radius 3 is 2.67 bits per heavy atom. The van der Waals surface area contributed by atoms with Crippen molar-refractivity contribution < 1.29 is 19.4 Å². The van der Waals surface area contributed by atoms with E-state index in [2.05, 4.69) is 5.32 Å². The summed E-state index contributed by atoms with van der Waals surface area (Å²) in [6.07, 6.45) is 1.64. The summed E-state index contributed by atoms with van der Waals surface area (Å²) in [5.74, 6) is 0.297. The molecule has 0 aromatic carbocycles. The van der Waals surface area contributed by atoms with Crippen LogP contribution in [-0.4, -0.2) is 57.1 Å². The average molecular weight is 262 g/mol. The Bertz CT molecular complexity index is 203. The van der Waals surface area contributed by atoms with Crippen molar-refractivity contribution in [1.29, 1.82) is 0 Å². The lowest BCUT2D eigenvalue weighted by molar-refractivity contribution is -0.126. The quantitative estimate of drug-likeness (QED) is 0.412. The molecule has 0 aliphatic carbocycles. The maximum Gasteiger partial charge on any atom is 0.245 e. The molecule has 0 aromatic rings. The second-order valence-electron chi connectivity index (χ2n) is 4.21. The lowest BCUT2D eigenvalue weighted by Crippen LogP contribution is -2.30. The van der Waals surface area contributed by atoms with E-state index in [9.17, 15) is 4.79 Å². The Kier molecular flexibility index (Phi) is 12.3. The molecule has 0 heterocycles. The highest BCUT2D eigenvalue weighted by atomic mass is 16.5. The Morgan fingerprint density at radius 2 is 2.00 bits per heavy atom. The molecular formula is C12H26N2O4. The summed E-state index contributed by atoms with van der Waals surface area (Å²) in [6, 6.07) is 0. The Morgan fingerprint density at radius 1 is 1.28 bits per heavy atom. The molecule has 108 valence electrons. The third-order valence-electron chi connectivity index (χ3n) is 2.45. The predicted molar refractivity (Wildman–Crippen MR) is 69.2 cm³/mol. The number of hydrogen-bond acceptors (Lipinski definition) is 5. The number of aliphatic hydroxyl groups is 1. The summed E-state index contributed by atoms with van der Waals surface area (Å²) in [7, 11) is 0. The number of ether oxygens (including phenoxy) is 2. The molecule has 0 spiro atoms. The first kappa shape index (κ1) is 17.3. The Hall–Kier alpha value is -0.690. The summed E-state index contributed by atoms with van der Waals surface area (Å²) in [4.78, 5) is 11.3. The van der Waals surface area contributed by atoms with Crippen LogP contribution in [0.15, 0.2) is 0 Å². The summed E-state index contributed by atoms with van der Waals surface area (Å²) in [5, 5.41) is 11.5. The van der Waals surface area contributed by atoms with Gasteiger partial charge in [-0.15, -0.1) is 0 Å². The SMILES string of the molecule is CC(CCO)CCNC(=O)COCCOCCN. The molecule has 6 heteroatoms. The summed E-state index contributed by atoms with van der Waals surface area (Å²) in [5.41, 5.74) is 5.25. The smallest absolute Gasteiger partial charge is 0.245 e. The summed E-state index contributed by atoms with van der Waals surface area (Å²) >= 11 is 0. The molecule has 4 N–H and O–H groups in total. The van der Waals surface area contributed by atoms with Gasteiger partial charge in [-0.1, -0.05) is 6.92 Å². The van der Waals surface area contributed by atoms with Crippen molar-refractivity contribution in [3.05, 3.63) is 0 Å². The van der Waals surface area contributed by atoms with Gasteiger partial charge in [-0.05, 0) is 18.8 Å². The number of carbonyl (C=O) groups excluding carboxylic acids is 1. The fourth-order valence-electron chi connectivity index (χ4n) is 1.34. The van der Waals surface area contributed by atoms with Crippen molar-refractivity contribution in [2.45, 2.75) is 19.8 Å². The third-order valence-corrected chi connectivity index (χ3v) is 2.45. The maximum atomic E-state index is 11.3. The van der Waals surface area contributed by atoms with Crippen LogP contribution in [0.1, 0.15) is 19.8 Å². The normalized spacial score (nSPS) is 12.4. The number of rotatable bonds is 12. The van der Waals surface area contributed by atoms with Crippen LogP contribution in [0.25, 0.3) is 0 Å². The second kappa shape index (κ2) is 12.8. The first-order chi connectivity index (χ1) is 8.70. The molecular weight excluding hydrogens is 236 g/mol. The van der Waals surface area contributed by atoms with Crippen LogP contribution in [-0.2, 0) is 14.3 Å². The largest absolute Gasteiger partial charge is 0.396 e. The zero-order valence-electron chi connectivity index (χ0n) is 11.2. The topological polar surface area (TPSA) is 93.8 Å². The molecule has 0 aliphatic heterocycles. The highest BCUT2D eigenvalue weighted by Gasteiger charge is 2.04. The monoisotopic (exact) mass is 262 g/mol. The van der Waals surface area contributed by atoms with E-state index in [1.54, 1.807) is 0 Å². The van der Waals surface area contributed by atoms with E-state index in [1.165, 1.54) is 0 Å². The predicted octanol–water partition coefficient (Wildman–Crippen LogP) is -0.497. The number of hydrogen-bond donors (Lipinski definition) is 3. The van der Waals surface area contributed by atoms with E-state index in [1.807, 2.05) is 6.92 Å². The number of amides is 1. The van der Waals surface area contributed by atoms with Gasteiger partial charge in [0.15, 0.2) is 0 Å². The minimum atomic E-state index is -0.120. The average Bonchev–Trinajstić information content (AvgIpc) is 2.34. The molecule has 18 heavy (non-hydrogen) atoms. The number of aliphatic hydroxyl groups excluding tert-OH is 1. The standard InChI is InChI=1S/C12H26N2O4/c1-11(3-6-15)2-5-14-12(16)10-18-9-8-17-7-4-13/h11,15H,2-10,13H2,1H3,(H,14,16). The fraction of sp³-hybridized carbons (Fsp3) is 0.917. The molecule has 1 atom stereocenters. The van der Waals surface area contributed by atoms with E-state index >= 15 is 0 Å². The van der Waals surface area contributed by atoms with Crippen LogP contribution in [0, 0.1) is 5.92 Å². The van der Waals surface area contributed by atoms with Gasteiger partial charge in [0, 0.05) is 19.7 Å². The molecule has 0 aliphatic rings. The van der Waals surface area contributed by atoms with E-state index in [0.717, 1.165) is 12.8 Å².